The number of hydrogen-bond acceptors (Lipinski definition) is 1. The molecule has 0 amide bonds. The molecule has 0 aliphatic heterocycles. The van der Waals surface area contributed by atoms with Gasteiger partial charge in [0.15, 0.2) is 0 Å². The number of azide groups is 1. The average molecular weight is 291 g/mol. The summed E-state index contributed by atoms with van der Waals surface area (Å²) in [7, 11) is 0. The first-order valence-corrected chi connectivity index (χ1v) is 7.87. The Balaban J connectivity index is 1.98. The average Bonchev–Trinajstić information content (AvgIpc) is 2.51. The maximum atomic E-state index is 9.02. The van der Waals surface area contributed by atoms with E-state index in [4.69, 9.17) is 5.53 Å². The number of benzene rings is 2. The van der Waals surface area contributed by atoms with Gasteiger partial charge in [0.2, 0.25) is 0 Å². The van der Waals surface area contributed by atoms with Gasteiger partial charge in [-0.3, -0.25) is 0 Å². The molecule has 0 radical (unpaired) electrons. The van der Waals surface area contributed by atoms with Gasteiger partial charge in [0.25, 0.3) is 0 Å². The minimum absolute atomic E-state index is 0.0486. The van der Waals surface area contributed by atoms with Crippen LogP contribution in [0, 0.1) is 19.8 Å². The molecule has 0 bridgehead atoms. The third-order valence-electron chi connectivity index (χ3n) is 4.70. The third kappa shape index (κ3) is 2.86. The van der Waals surface area contributed by atoms with Crippen LogP contribution in [-0.4, -0.2) is 0 Å². The Bertz CT molecular complexity index is 715. The summed E-state index contributed by atoms with van der Waals surface area (Å²) < 4.78 is 0. The van der Waals surface area contributed by atoms with E-state index in [9.17, 15) is 0 Å². The molecule has 0 N–H and O–H groups in total. The molecule has 0 saturated carbocycles. The molecular formula is C19H21N3. The summed E-state index contributed by atoms with van der Waals surface area (Å²) in [6, 6.07) is 14.9. The van der Waals surface area contributed by atoms with Crippen molar-refractivity contribution in [3.8, 4) is 0 Å². The van der Waals surface area contributed by atoms with Crippen molar-refractivity contribution in [3.05, 3.63) is 80.7 Å². The molecular weight excluding hydrogens is 270 g/mol. The van der Waals surface area contributed by atoms with Crippen LogP contribution in [0.2, 0.25) is 0 Å². The van der Waals surface area contributed by atoms with E-state index in [1.54, 1.807) is 0 Å². The fourth-order valence-electron chi connectivity index (χ4n) is 3.72. The summed E-state index contributed by atoms with van der Waals surface area (Å²) in [5, 5.41) is 4.17. The summed E-state index contributed by atoms with van der Waals surface area (Å²) in [5.41, 5.74) is 15.5. The number of fused-ring (bicyclic) bond motifs is 1. The molecule has 2 aromatic rings. The van der Waals surface area contributed by atoms with Gasteiger partial charge in [0, 0.05) is 4.91 Å². The number of rotatable bonds is 3. The Morgan fingerprint density at radius 3 is 2.68 bits per heavy atom. The predicted molar refractivity (Wildman–Crippen MR) is 89.8 cm³/mol. The molecule has 2 atom stereocenters. The molecule has 0 aromatic heterocycles. The minimum Gasteiger partial charge on any atom is -0.0856 e. The minimum atomic E-state index is -0.0486. The Morgan fingerprint density at radius 2 is 1.95 bits per heavy atom. The maximum Gasteiger partial charge on any atom is 0.0659 e. The first-order chi connectivity index (χ1) is 10.7. The summed E-state index contributed by atoms with van der Waals surface area (Å²) >= 11 is 0. The highest BCUT2D eigenvalue weighted by atomic mass is 15.2. The zero-order valence-corrected chi connectivity index (χ0v) is 13.2. The van der Waals surface area contributed by atoms with Crippen molar-refractivity contribution >= 4 is 0 Å². The van der Waals surface area contributed by atoms with Crippen molar-refractivity contribution in [1.82, 2.24) is 0 Å². The Kier molecular flexibility index (Phi) is 4.17. The molecule has 0 fully saturated rings. The van der Waals surface area contributed by atoms with Gasteiger partial charge in [-0.2, -0.15) is 0 Å². The van der Waals surface area contributed by atoms with E-state index in [-0.39, 0.29) is 6.04 Å². The van der Waals surface area contributed by atoms with Gasteiger partial charge in [-0.1, -0.05) is 53.1 Å². The van der Waals surface area contributed by atoms with Crippen molar-refractivity contribution in [2.45, 2.75) is 39.2 Å². The van der Waals surface area contributed by atoms with Gasteiger partial charge in [0.05, 0.1) is 6.04 Å². The smallest absolute Gasteiger partial charge is 0.0659 e. The lowest BCUT2D eigenvalue weighted by Gasteiger charge is -2.32. The van der Waals surface area contributed by atoms with Crippen LogP contribution in [0.1, 0.15) is 40.3 Å². The molecule has 3 nitrogen and oxygen atoms in total. The molecule has 2 unspecified atom stereocenters. The van der Waals surface area contributed by atoms with E-state index in [0.717, 1.165) is 19.3 Å². The van der Waals surface area contributed by atoms with E-state index >= 15 is 0 Å². The highest BCUT2D eigenvalue weighted by molar-refractivity contribution is 5.42. The lowest BCUT2D eigenvalue weighted by Crippen LogP contribution is -2.22. The van der Waals surface area contributed by atoms with Crippen LogP contribution in [0.25, 0.3) is 10.4 Å². The van der Waals surface area contributed by atoms with Crippen molar-refractivity contribution in [2.24, 2.45) is 11.0 Å². The molecule has 3 heteroatoms. The first kappa shape index (κ1) is 14.7. The molecule has 2 aromatic carbocycles. The van der Waals surface area contributed by atoms with E-state index < -0.39 is 0 Å². The van der Waals surface area contributed by atoms with Gasteiger partial charge in [-0.25, -0.2) is 0 Å². The Hall–Kier alpha value is -2.25. The van der Waals surface area contributed by atoms with E-state index in [2.05, 4.69) is 60.3 Å². The predicted octanol–water partition coefficient (Wildman–Crippen LogP) is 5.46. The zero-order chi connectivity index (χ0) is 15.5. The molecule has 1 aliphatic carbocycles. The van der Waals surface area contributed by atoms with Gasteiger partial charge in [-0.05, 0) is 66.8 Å². The van der Waals surface area contributed by atoms with Gasteiger partial charge >= 0.3 is 0 Å². The first-order valence-electron chi connectivity index (χ1n) is 7.87. The zero-order valence-electron chi connectivity index (χ0n) is 13.2. The maximum absolute atomic E-state index is 9.02. The largest absolute Gasteiger partial charge is 0.0856 e. The van der Waals surface area contributed by atoms with Crippen molar-refractivity contribution in [1.29, 1.82) is 0 Å². The summed E-state index contributed by atoms with van der Waals surface area (Å²) in [6.45, 7) is 4.28. The molecule has 22 heavy (non-hydrogen) atoms. The van der Waals surface area contributed by atoms with E-state index in [1.165, 1.54) is 27.8 Å². The summed E-state index contributed by atoms with van der Waals surface area (Å²) in [6.07, 6.45) is 3.13. The van der Waals surface area contributed by atoms with Crippen molar-refractivity contribution in [3.63, 3.8) is 0 Å². The highest BCUT2D eigenvalue weighted by Gasteiger charge is 2.29. The van der Waals surface area contributed by atoms with Gasteiger partial charge < -0.3 is 0 Å². The SMILES string of the molecule is Cc1cc(C)c2c(c1)C(N=[N+]=[N-])C(Cc1ccccc1)CC2. The van der Waals surface area contributed by atoms with Crippen molar-refractivity contribution in [2.75, 3.05) is 0 Å². The molecule has 0 spiro atoms. The van der Waals surface area contributed by atoms with E-state index in [0.29, 0.717) is 5.92 Å². The van der Waals surface area contributed by atoms with Gasteiger partial charge in [-0.15, -0.1) is 0 Å². The second kappa shape index (κ2) is 6.25. The van der Waals surface area contributed by atoms with Crippen LogP contribution in [0.3, 0.4) is 0 Å². The Morgan fingerprint density at radius 1 is 1.18 bits per heavy atom. The second-order valence-electron chi connectivity index (χ2n) is 6.29. The van der Waals surface area contributed by atoms with Gasteiger partial charge in [0.1, 0.15) is 0 Å². The van der Waals surface area contributed by atoms with Crippen LogP contribution in [-0.2, 0) is 12.8 Å². The topological polar surface area (TPSA) is 48.8 Å². The van der Waals surface area contributed by atoms with Crippen LogP contribution in [0.5, 0.6) is 0 Å². The Labute approximate surface area is 131 Å². The second-order valence-corrected chi connectivity index (χ2v) is 6.29. The lowest BCUT2D eigenvalue weighted by atomic mass is 9.75. The monoisotopic (exact) mass is 291 g/mol. The van der Waals surface area contributed by atoms with Crippen LogP contribution in [0.4, 0.5) is 0 Å². The standard InChI is InChI=1S/C19H21N3/c1-13-10-14(2)17-9-8-16(12-15-6-4-3-5-7-15)19(21-22-20)18(17)11-13/h3-7,10-11,16,19H,8-9,12H2,1-2H3. The number of nitrogens with zero attached hydrogens (tertiary/aromatic N) is 3. The van der Waals surface area contributed by atoms with Crippen LogP contribution < -0.4 is 0 Å². The van der Waals surface area contributed by atoms with E-state index in [1.807, 2.05) is 6.07 Å². The normalized spacial score (nSPS) is 20.1. The van der Waals surface area contributed by atoms with Crippen LogP contribution >= 0.6 is 0 Å². The quantitative estimate of drug-likeness (QED) is 0.409. The highest BCUT2D eigenvalue weighted by Crippen LogP contribution is 2.40. The number of hydrogen-bond donors (Lipinski definition) is 0. The summed E-state index contributed by atoms with van der Waals surface area (Å²) in [4.78, 5) is 3.13. The third-order valence-corrected chi connectivity index (χ3v) is 4.70. The molecule has 0 heterocycles. The lowest BCUT2D eigenvalue weighted by molar-refractivity contribution is 0.375. The fraction of sp³-hybridized carbons (Fsp3) is 0.368. The molecule has 0 saturated heterocycles. The number of aryl methyl sites for hydroxylation is 2. The van der Waals surface area contributed by atoms with Crippen molar-refractivity contribution < 1.29 is 0 Å². The molecule has 1 aliphatic rings. The fourth-order valence-corrected chi connectivity index (χ4v) is 3.72. The molecule has 3 rings (SSSR count). The van der Waals surface area contributed by atoms with Crippen LogP contribution in [0.15, 0.2) is 47.6 Å². The molecule has 112 valence electrons. The summed E-state index contributed by atoms with van der Waals surface area (Å²) in [5.74, 6) is 0.381.